The van der Waals surface area contributed by atoms with Gasteiger partial charge in [-0.05, 0) is 20.8 Å². The van der Waals surface area contributed by atoms with Crippen molar-refractivity contribution in [1.82, 2.24) is 0 Å². The van der Waals surface area contributed by atoms with Crippen LogP contribution in [0.5, 0.6) is 0 Å². The van der Waals surface area contributed by atoms with Crippen LogP contribution in [-0.4, -0.2) is 122 Å². The van der Waals surface area contributed by atoms with E-state index in [1.807, 2.05) is 20.8 Å². The molecule has 0 unspecified atom stereocenters. The van der Waals surface area contributed by atoms with Crippen LogP contribution in [0, 0.1) is 0 Å². The molecule has 0 bridgehead atoms. The third-order valence-corrected chi connectivity index (χ3v) is 4.14. The molecular formula is C23H45IO10. The molecule has 0 aliphatic heterocycles. The number of esters is 1. The van der Waals surface area contributed by atoms with E-state index in [1.54, 1.807) is 0 Å². The van der Waals surface area contributed by atoms with E-state index in [0.29, 0.717) is 99.1 Å². The van der Waals surface area contributed by atoms with Crippen molar-refractivity contribution in [3.8, 4) is 0 Å². The molecule has 0 aromatic heterocycles. The monoisotopic (exact) mass is 608 g/mol. The standard InChI is InChI=1S/C23H45IO10/c1-23(2,3)34-22(25)4-6-26-8-10-28-12-14-30-16-18-32-20-21-33-19-17-31-15-13-29-11-9-27-7-5-24/h4-21H2,1-3H3. The van der Waals surface area contributed by atoms with Crippen LogP contribution in [0.1, 0.15) is 27.2 Å². The average Bonchev–Trinajstić information content (AvgIpc) is 2.78. The Bertz CT molecular complexity index is 434. The molecule has 0 heterocycles. The van der Waals surface area contributed by atoms with Crippen LogP contribution in [0.25, 0.3) is 0 Å². The number of hydrogen-bond acceptors (Lipinski definition) is 10. The Morgan fingerprint density at radius 1 is 0.500 bits per heavy atom. The Morgan fingerprint density at radius 3 is 1.03 bits per heavy atom. The third-order valence-electron chi connectivity index (χ3n) is 3.70. The molecule has 10 nitrogen and oxygen atoms in total. The SMILES string of the molecule is CC(C)(C)OC(=O)CCOCCOCCOCCOCCOCCOCCOCCOCCI. The zero-order valence-electron chi connectivity index (χ0n) is 21.2. The van der Waals surface area contributed by atoms with E-state index in [0.717, 1.165) is 11.0 Å². The van der Waals surface area contributed by atoms with Crippen molar-refractivity contribution in [2.45, 2.75) is 32.8 Å². The second-order valence-corrected chi connectivity index (χ2v) is 9.00. The minimum absolute atomic E-state index is 0.240. The summed E-state index contributed by atoms with van der Waals surface area (Å²) in [6.45, 7) is 13.9. The molecule has 0 saturated carbocycles. The molecule has 0 saturated heterocycles. The first-order valence-corrected chi connectivity index (χ1v) is 13.4. The van der Waals surface area contributed by atoms with Crippen molar-refractivity contribution in [2.24, 2.45) is 0 Å². The van der Waals surface area contributed by atoms with Crippen molar-refractivity contribution in [3.05, 3.63) is 0 Å². The molecule has 204 valence electrons. The number of ether oxygens (including phenoxy) is 9. The van der Waals surface area contributed by atoms with E-state index in [2.05, 4.69) is 22.6 Å². The van der Waals surface area contributed by atoms with Gasteiger partial charge in [0.2, 0.25) is 0 Å². The van der Waals surface area contributed by atoms with Gasteiger partial charge in [-0.25, -0.2) is 0 Å². The van der Waals surface area contributed by atoms with Crippen LogP contribution in [0.4, 0.5) is 0 Å². The summed E-state index contributed by atoms with van der Waals surface area (Å²) in [4.78, 5) is 11.5. The van der Waals surface area contributed by atoms with Crippen LogP contribution in [-0.2, 0) is 47.4 Å². The Kier molecular flexibility index (Phi) is 25.9. The van der Waals surface area contributed by atoms with E-state index in [4.69, 9.17) is 42.6 Å². The van der Waals surface area contributed by atoms with Crippen LogP contribution < -0.4 is 0 Å². The minimum atomic E-state index is -0.464. The van der Waals surface area contributed by atoms with E-state index in [1.165, 1.54) is 0 Å². The maximum atomic E-state index is 11.5. The maximum Gasteiger partial charge on any atom is 0.308 e. The average molecular weight is 609 g/mol. The highest BCUT2D eigenvalue weighted by atomic mass is 127. The van der Waals surface area contributed by atoms with Gasteiger partial charge in [-0.1, -0.05) is 22.6 Å². The lowest BCUT2D eigenvalue weighted by Gasteiger charge is -2.19. The van der Waals surface area contributed by atoms with E-state index in [9.17, 15) is 4.79 Å². The quantitative estimate of drug-likeness (QED) is 0.0630. The zero-order valence-corrected chi connectivity index (χ0v) is 23.3. The van der Waals surface area contributed by atoms with E-state index >= 15 is 0 Å². The van der Waals surface area contributed by atoms with Gasteiger partial charge in [0.15, 0.2) is 0 Å². The topological polar surface area (TPSA) is 100 Å². The molecule has 0 aromatic rings. The number of carbonyl (C=O) groups excluding carboxylic acids is 1. The van der Waals surface area contributed by atoms with Crippen LogP contribution in [0.3, 0.4) is 0 Å². The molecule has 0 atom stereocenters. The largest absolute Gasteiger partial charge is 0.460 e. The van der Waals surface area contributed by atoms with Gasteiger partial charge in [0.25, 0.3) is 0 Å². The van der Waals surface area contributed by atoms with Gasteiger partial charge in [-0.3, -0.25) is 4.79 Å². The van der Waals surface area contributed by atoms with Gasteiger partial charge < -0.3 is 42.6 Å². The highest BCUT2D eigenvalue weighted by Gasteiger charge is 2.15. The summed E-state index contributed by atoms with van der Waals surface area (Å²) in [5.74, 6) is -0.259. The van der Waals surface area contributed by atoms with Gasteiger partial charge in [-0.15, -0.1) is 0 Å². The highest BCUT2D eigenvalue weighted by Crippen LogP contribution is 2.08. The normalized spacial score (nSPS) is 11.8. The predicted molar refractivity (Wildman–Crippen MR) is 136 cm³/mol. The second kappa shape index (κ2) is 26.0. The fraction of sp³-hybridized carbons (Fsp3) is 0.957. The van der Waals surface area contributed by atoms with Gasteiger partial charge in [0.05, 0.1) is 112 Å². The van der Waals surface area contributed by atoms with Crippen molar-refractivity contribution < 1.29 is 47.4 Å². The minimum Gasteiger partial charge on any atom is -0.460 e. The summed E-state index contributed by atoms with van der Waals surface area (Å²) in [6.07, 6.45) is 0.240. The molecule has 0 aliphatic carbocycles. The molecule has 0 N–H and O–H groups in total. The van der Waals surface area contributed by atoms with E-state index in [-0.39, 0.29) is 12.4 Å². The molecule has 0 fully saturated rings. The molecule has 34 heavy (non-hydrogen) atoms. The Labute approximate surface area is 218 Å². The molecule has 0 rings (SSSR count). The van der Waals surface area contributed by atoms with Gasteiger partial charge in [0.1, 0.15) is 5.60 Å². The third kappa shape index (κ3) is 29.9. The number of rotatable bonds is 26. The summed E-state index contributed by atoms with van der Waals surface area (Å²) in [7, 11) is 0. The first-order valence-electron chi connectivity index (χ1n) is 11.9. The molecule has 0 aliphatic rings. The van der Waals surface area contributed by atoms with Gasteiger partial charge >= 0.3 is 5.97 Å². The van der Waals surface area contributed by atoms with Crippen molar-refractivity contribution in [3.63, 3.8) is 0 Å². The van der Waals surface area contributed by atoms with Crippen LogP contribution in [0.2, 0.25) is 0 Å². The number of halogens is 1. The first kappa shape index (κ1) is 33.9. The van der Waals surface area contributed by atoms with Crippen molar-refractivity contribution in [1.29, 1.82) is 0 Å². The van der Waals surface area contributed by atoms with Crippen molar-refractivity contribution >= 4 is 28.6 Å². The first-order chi connectivity index (χ1) is 16.5. The number of alkyl halides is 1. The lowest BCUT2D eigenvalue weighted by Crippen LogP contribution is -2.24. The Morgan fingerprint density at radius 2 is 0.765 bits per heavy atom. The Hall–Kier alpha value is -0.120. The Balaban J connectivity index is 3.10. The van der Waals surface area contributed by atoms with Crippen LogP contribution in [0.15, 0.2) is 0 Å². The van der Waals surface area contributed by atoms with E-state index < -0.39 is 5.60 Å². The summed E-state index contributed by atoms with van der Waals surface area (Å²) >= 11 is 2.27. The molecule has 0 radical (unpaired) electrons. The number of hydrogen-bond donors (Lipinski definition) is 0. The summed E-state index contributed by atoms with van der Waals surface area (Å²) in [5.41, 5.74) is -0.464. The summed E-state index contributed by atoms with van der Waals surface area (Å²) in [6, 6.07) is 0. The molecule has 11 heteroatoms. The fourth-order valence-electron chi connectivity index (χ4n) is 2.24. The molecular weight excluding hydrogens is 563 g/mol. The lowest BCUT2D eigenvalue weighted by molar-refractivity contribution is -0.156. The second-order valence-electron chi connectivity index (χ2n) is 7.92. The smallest absolute Gasteiger partial charge is 0.308 e. The van der Waals surface area contributed by atoms with Gasteiger partial charge in [0, 0.05) is 4.43 Å². The predicted octanol–water partition coefficient (Wildman–Crippen LogP) is 2.29. The van der Waals surface area contributed by atoms with Gasteiger partial charge in [-0.2, -0.15) is 0 Å². The molecule has 0 spiro atoms. The van der Waals surface area contributed by atoms with Crippen molar-refractivity contribution in [2.75, 3.05) is 110 Å². The highest BCUT2D eigenvalue weighted by molar-refractivity contribution is 14.1. The fourth-order valence-corrected chi connectivity index (χ4v) is 2.56. The summed E-state index contributed by atoms with van der Waals surface area (Å²) < 4.78 is 49.3. The summed E-state index contributed by atoms with van der Waals surface area (Å²) in [5, 5.41) is 0. The lowest BCUT2D eigenvalue weighted by atomic mass is 10.2. The number of carbonyl (C=O) groups is 1. The molecule has 0 amide bonds. The molecule has 0 aromatic carbocycles. The maximum absolute atomic E-state index is 11.5. The zero-order chi connectivity index (χ0) is 25.2. The van der Waals surface area contributed by atoms with Crippen LogP contribution >= 0.6 is 22.6 Å².